The van der Waals surface area contributed by atoms with Crippen molar-refractivity contribution in [2.75, 3.05) is 0 Å². The molecule has 0 aliphatic rings. The zero-order valence-corrected chi connectivity index (χ0v) is 16.4. The van der Waals surface area contributed by atoms with Crippen LogP contribution in [-0.2, 0) is 15.3 Å². The summed E-state index contributed by atoms with van der Waals surface area (Å²) in [5, 5.41) is 7.00. The second-order valence-electron chi connectivity index (χ2n) is 7.70. The molecule has 0 aliphatic heterocycles. The normalized spacial score (nSPS) is 16.9. The molecule has 2 N–H and O–H groups in total. The molecule has 0 aromatic carbocycles. The maximum atomic E-state index is 12.8. The highest BCUT2D eigenvalue weighted by Crippen LogP contribution is 2.38. The van der Waals surface area contributed by atoms with Crippen molar-refractivity contribution in [1.82, 2.24) is 4.98 Å². The fraction of sp³-hybridized carbons (Fsp3) is 0.769. The molecule has 20 heavy (non-hydrogen) atoms. The third kappa shape index (κ3) is 3.90. The number of nitrogens with zero attached hydrogens (tertiary/aromatic N) is 2. The predicted molar refractivity (Wildman–Crippen MR) is 91.0 cm³/mol. The second kappa shape index (κ2) is 5.19. The van der Waals surface area contributed by atoms with Crippen molar-refractivity contribution < 1.29 is 4.21 Å². The second-order valence-corrected chi connectivity index (χ2v) is 15.9. The summed E-state index contributed by atoms with van der Waals surface area (Å²) in [6.45, 7) is 16.8. The van der Waals surface area contributed by atoms with Crippen LogP contribution in [0.4, 0.5) is 0 Å². The van der Waals surface area contributed by atoms with Gasteiger partial charge in [0.05, 0.1) is 11.2 Å². The molecule has 0 amide bonds. The smallest absolute Gasteiger partial charge is 0.195 e. The number of nitrogens with two attached hydrogens (primary N) is 1. The number of aromatic nitrogens is 1. The van der Waals surface area contributed by atoms with Gasteiger partial charge in [0.15, 0.2) is 8.24 Å². The first-order valence-corrected chi connectivity index (χ1v) is 12.0. The van der Waals surface area contributed by atoms with Gasteiger partial charge in [-0.2, -0.15) is 0 Å². The standard InChI is InChI=1S/C13H27N3OS2Si/c1-12(2,3)11-15-9-10(18-11)19(14,17)16-20(7,8)13(4,5)6/h9H,1-8H3,(H2,14,16,17). The van der Waals surface area contributed by atoms with Crippen molar-refractivity contribution in [2.45, 2.75) is 69.3 Å². The Hall–Kier alpha value is -0.243. The molecule has 1 unspecified atom stereocenters. The molecule has 1 rings (SSSR count). The third-order valence-corrected chi connectivity index (χ3v) is 13.1. The number of rotatable bonds is 2. The van der Waals surface area contributed by atoms with Gasteiger partial charge in [0.2, 0.25) is 0 Å². The molecule has 0 spiro atoms. The maximum Gasteiger partial charge on any atom is 0.195 e. The highest BCUT2D eigenvalue weighted by Gasteiger charge is 2.37. The summed E-state index contributed by atoms with van der Waals surface area (Å²) in [6.07, 6.45) is 1.63. The van der Waals surface area contributed by atoms with Crippen molar-refractivity contribution in [3.63, 3.8) is 0 Å². The SMILES string of the molecule is CC(C)(C)c1ncc(S(N)(=O)=N[Si](C)(C)C(C)(C)C)s1. The summed E-state index contributed by atoms with van der Waals surface area (Å²) in [4.78, 5) is 4.36. The fourth-order valence-electron chi connectivity index (χ4n) is 1.26. The number of hydrogen-bond donors (Lipinski definition) is 1. The predicted octanol–water partition coefficient (Wildman–Crippen LogP) is 4.15. The van der Waals surface area contributed by atoms with Crippen LogP contribution in [0.5, 0.6) is 0 Å². The van der Waals surface area contributed by atoms with E-state index in [1.807, 2.05) is 0 Å². The van der Waals surface area contributed by atoms with Crippen LogP contribution in [-0.4, -0.2) is 17.4 Å². The number of hydrogen-bond acceptors (Lipinski definition) is 4. The Balaban J connectivity index is 3.31. The Bertz CT molecular complexity index is 600. The molecule has 0 aliphatic carbocycles. The minimum Gasteiger partial charge on any atom is -0.261 e. The van der Waals surface area contributed by atoms with Gasteiger partial charge in [-0.3, -0.25) is 4.03 Å². The van der Waals surface area contributed by atoms with E-state index in [4.69, 9.17) is 5.14 Å². The average molecular weight is 334 g/mol. The van der Waals surface area contributed by atoms with Crippen LogP contribution in [0, 0.1) is 0 Å². The molecule has 0 saturated heterocycles. The fourth-order valence-corrected chi connectivity index (χ4v) is 7.39. The van der Waals surface area contributed by atoms with Gasteiger partial charge < -0.3 is 0 Å². The first kappa shape index (κ1) is 17.8. The Morgan fingerprint density at radius 1 is 1.25 bits per heavy atom. The van der Waals surface area contributed by atoms with Gasteiger partial charge in [0, 0.05) is 5.41 Å². The molecular weight excluding hydrogens is 306 g/mol. The molecule has 7 heteroatoms. The van der Waals surface area contributed by atoms with Crippen molar-refractivity contribution in [3.8, 4) is 0 Å². The van der Waals surface area contributed by atoms with Gasteiger partial charge >= 0.3 is 0 Å². The molecule has 0 saturated carbocycles. The monoisotopic (exact) mass is 333 g/mol. The van der Waals surface area contributed by atoms with Crippen LogP contribution in [0.1, 0.15) is 46.6 Å². The summed E-state index contributed by atoms with van der Waals surface area (Å²) in [5.74, 6) is 0. The zero-order chi connectivity index (χ0) is 16.0. The Labute approximate surface area is 128 Å². The van der Waals surface area contributed by atoms with Gasteiger partial charge in [-0.1, -0.05) is 41.5 Å². The van der Waals surface area contributed by atoms with Crippen LogP contribution >= 0.6 is 11.3 Å². The maximum absolute atomic E-state index is 12.8. The topological polar surface area (TPSA) is 68.3 Å². The van der Waals surface area contributed by atoms with Gasteiger partial charge in [-0.25, -0.2) is 14.3 Å². The van der Waals surface area contributed by atoms with E-state index in [9.17, 15) is 4.21 Å². The van der Waals surface area contributed by atoms with Crippen molar-refractivity contribution in [2.24, 2.45) is 9.17 Å². The molecule has 1 heterocycles. The summed E-state index contributed by atoms with van der Waals surface area (Å²) < 4.78 is 18.0. The molecule has 116 valence electrons. The minimum absolute atomic E-state index is 0.0204. The van der Waals surface area contributed by atoms with Crippen LogP contribution < -0.4 is 5.14 Å². The van der Waals surface area contributed by atoms with E-state index in [2.05, 4.69) is 63.6 Å². The molecule has 1 aromatic rings. The molecular formula is C13H27N3OS2Si. The lowest BCUT2D eigenvalue weighted by Gasteiger charge is -2.32. The summed E-state index contributed by atoms with van der Waals surface area (Å²) in [6, 6.07) is 0. The van der Waals surface area contributed by atoms with Crippen molar-refractivity contribution in [1.29, 1.82) is 0 Å². The molecule has 0 radical (unpaired) electrons. The molecule has 0 bridgehead atoms. The first-order valence-electron chi connectivity index (χ1n) is 6.69. The Morgan fingerprint density at radius 2 is 1.75 bits per heavy atom. The largest absolute Gasteiger partial charge is 0.261 e. The quantitative estimate of drug-likeness (QED) is 0.826. The Morgan fingerprint density at radius 3 is 2.10 bits per heavy atom. The van der Waals surface area contributed by atoms with Crippen LogP contribution in [0.25, 0.3) is 0 Å². The first-order chi connectivity index (χ1) is 8.67. The van der Waals surface area contributed by atoms with E-state index in [0.29, 0.717) is 4.21 Å². The summed E-state index contributed by atoms with van der Waals surface area (Å²) in [7, 11) is -4.90. The van der Waals surface area contributed by atoms with E-state index in [-0.39, 0.29) is 10.5 Å². The highest BCUT2D eigenvalue weighted by atomic mass is 32.2. The molecule has 1 atom stereocenters. The minimum atomic E-state index is -2.85. The van der Waals surface area contributed by atoms with Crippen LogP contribution in [0.2, 0.25) is 18.1 Å². The Kier molecular flexibility index (Phi) is 4.62. The average Bonchev–Trinajstić information content (AvgIpc) is 2.61. The lowest BCUT2D eigenvalue weighted by molar-refractivity contribution is 0.585. The molecule has 4 nitrogen and oxygen atoms in total. The molecule has 0 fully saturated rings. The highest BCUT2D eigenvalue weighted by molar-refractivity contribution is 7.94. The van der Waals surface area contributed by atoms with Gasteiger partial charge in [-0.15, -0.1) is 11.3 Å². The van der Waals surface area contributed by atoms with Gasteiger partial charge in [0.1, 0.15) is 14.1 Å². The lowest BCUT2D eigenvalue weighted by atomic mass is 9.98. The summed E-state index contributed by atoms with van der Waals surface area (Å²) >= 11 is 1.41. The van der Waals surface area contributed by atoms with E-state index in [1.165, 1.54) is 11.3 Å². The van der Waals surface area contributed by atoms with Crippen molar-refractivity contribution in [3.05, 3.63) is 11.2 Å². The number of thiazole rings is 1. The van der Waals surface area contributed by atoms with Gasteiger partial charge in [-0.05, 0) is 18.1 Å². The summed E-state index contributed by atoms with van der Waals surface area (Å²) in [5.41, 5.74) is -0.0601. The van der Waals surface area contributed by atoms with E-state index >= 15 is 0 Å². The molecule has 1 aromatic heterocycles. The lowest BCUT2D eigenvalue weighted by Crippen LogP contribution is -2.37. The van der Waals surface area contributed by atoms with E-state index in [0.717, 1.165) is 5.01 Å². The van der Waals surface area contributed by atoms with E-state index in [1.54, 1.807) is 6.20 Å². The van der Waals surface area contributed by atoms with Crippen LogP contribution in [0.15, 0.2) is 14.4 Å². The van der Waals surface area contributed by atoms with E-state index < -0.39 is 18.2 Å². The van der Waals surface area contributed by atoms with Crippen molar-refractivity contribution >= 4 is 29.5 Å². The third-order valence-electron chi connectivity index (χ3n) is 3.61. The zero-order valence-electron chi connectivity index (χ0n) is 13.8. The van der Waals surface area contributed by atoms with Crippen LogP contribution in [0.3, 0.4) is 0 Å². The van der Waals surface area contributed by atoms with Gasteiger partial charge in [0.25, 0.3) is 0 Å².